The van der Waals surface area contributed by atoms with E-state index in [-0.39, 0.29) is 5.84 Å². The molecular formula is C17H21N3O. The Morgan fingerprint density at radius 1 is 1.33 bits per heavy atom. The van der Waals surface area contributed by atoms with Crippen LogP contribution in [0.5, 0.6) is 5.75 Å². The molecule has 0 saturated heterocycles. The van der Waals surface area contributed by atoms with Crippen LogP contribution < -0.4 is 10.5 Å². The summed E-state index contributed by atoms with van der Waals surface area (Å²) >= 11 is 0. The van der Waals surface area contributed by atoms with Crippen molar-refractivity contribution in [3.05, 3.63) is 58.9 Å². The average Bonchev–Trinajstić information content (AvgIpc) is 2.45. The van der Waals surface area contributed by atoms with Crippen LogP contribution in [0, 0.1) is 12.3 Å². The van der Waals surface area contributed by atoms with Gasteiger partial charge in [0.25, 0.3) is 0 Å². The van der Waals surface area contributed by atoms with E-state index < -0.39 is 0 Å². The second-order valence-corrected chi connectivity index (χ2v) is 5.39. The van der Waals surface area contributed by atoms with Crippen LogP contribution >= 0.6 is 0 Å². The van der Waals surface area contributed by atoms with Crippen molar-refractivity contribution in [1.82, 2.24) is 4.98 Å². The third-order valence-electron chi connectivity index (χ3n) is 3.40. The zero-order chi connectivity index (χ0) is 15.4. The van der Waals surface area contributed by atoms with Gasteiger partial charge in [0.15, 0.2) is 0 Å². The monoisotopic (exact) mass is 283 g/mol. The molecular weight excluding hydrogens is 262 g/mol. The highest BCUT2D eigenvalue weighted by molar-refractivity contribution is 5.94. The number of benzene rings is 1. The molecule has 0 radical (unpaired) electrons. The Morgan fingerprint density at radius 2 is 2.10 bits per heavy atom. The minimum absolute atomic E-state index is 0.0412. The lowest BCUT2D eigenvalue weighted by Crippen LogP contribution is -2.16. The van der Waals surface area contributed by atoms with Crippen LogP contribution in [0.15, 0.2) is 36.5 Å². The molecule has 2 aromatic rings. The molecule has 0 aliphatic carbocycles. The van der Waals surface area contributed by atoms with Gasteiger partial charge in [-0.3, -0.25) is 10.4 Å². The van der Waals surface area contributed by atoms with E-state index in [9.17, 15) is 0 Å². The van der Waals surface area contributed by atoms with Crippen LogP contribution in [0.25, 0.3) is 0 Å². The lowest BCUT2D eigenvalue weighted by Gasteiger charge is -2.13. The van der Waals surface area contributed by atoms with Crippen LogP contribution in [-0.4, -0.2) is 10.8 Å². The zero-order valence-electron chi connectivity index (χ0n) is 12.7. The van der Waals surface area contributed by atoms with Gasteiger partial charge in [-0.15, -0.1) is 0 Å². The number of ether oxygens (including phenoxy) is 1. The van der Waals surface area contributed by atoms with Gasteiger partial charge < -0.3 is 10.5 Å². The highest BCUT2D eigenvalue weighted by Crippen LogP contribution is 2.24. The van der Waals surface area contributed by atoms with E-state index in [2.05, 4.69) is 31.8 Å². The molecule has 0 fully saturated rings. The number of pyridine rings is 1. The van der Waals surface area contributed by atoms with Gasteiger partial charge in [0.1, 0.15) is 23.9 Å². The van der Waals surface area contributed by atoms with E-state index in [1.165, 1.54) is 11.1 Å². The van der Waals surface area contributed by atoms with E-state index >= 15 is 0 Å². The number of aryl methyl sites for hydroxylation is 1. The third-order valence-corrected chi connectivity index (χ3v) is 3.40. The number of nitrogens with two attached hydrogens (primary N) is 1. The summed E-state index contributed by atoms with van der Waals surface area (Å²) in [5.74, 6) is 1.28. The average molecular weight is 283 g/mol. The summed E-state index contributed by atoms with van der Waals surface area (Å²) < 4.78 is 5.81. The maximum Gasteiger partial charge on any atom is 0.142 e. The first-order valence-electron chi connectivity index (χ1n) is 7.00. The summed E-state index contributed by atoms with van der Waals surface area (Å²) in [5.41, 5.74) is 9.37. The molecule has 0 spiro atoms. The SMILES string of the molecule is Cc1cc(OCc2cccnc2C(=N)N)ccc1C(C)C. The van der Waals surface area contributed by atoms with Crippen molar-refractivity contribution in [2.45, 2.75) is 33.3 Å². The Morgan fingerprint density at radius 3 is 2.71 bits per heavy atom. The molecule has 0 aliphatic rings. The van der Waals surface area contributed by atoms with Crippen molar-refractivity contribution < 1.29 is 4.74 Å². The van der Waals surface area contributed by atoms with Gasteiger partial charge in [-0.05, 0) is 42.2 Å². The van der Waals surface area contributed by atoms with E-state index in [1.54, 1.807) is 6.20 Å². The van der Waals surface area contributed by atoms with E-state index in [0.717, 1.165) is 11.3 Å². The lowest BCUT2D eigenvalue weighted by atomic mass is 9.98. The maximum atomic E-state index is 7.53. The summed E-state index contributed by atoms with van der Waals surface area (Å²) in [5, 5.41) is 7.53. The fourth-order valence-electron chi connectivity index (χ4n) is 2.34. The van der Waals surface area contributed by atoms with E-state index in [1.807, 2.05) is 24.3 Å². The number of amidine groups is 1. The zero-order valence-corrected chi connectivity index (χ0v) is 12.7. The number of nitrogen functional groups attached to an aromatic ring is 1. The molecule has 4 heteroatoms. The standard InChI is InChI=1S/C17H21N3O/c1-11(2)15-7-6-14(9-12(15)3)21-10-13-5-4-8-20-16(13)17(18)19/h4-9,11H,10H2,1-3H3,(H3,18,19). The van der Waals surface area contributed by atoms with Gasteiger partial charge in [0.05, 0.1) is 0 Å². The number of aromatic nitrogens is 1. The molecule has 0 bridgehead atoms. The molecule has 0 unspecified atom stereocenters. The number of nitrogens with zero attached hydrogens (tertiary/aromatic N) is 1. The predicted molar refractivity (Wildman–Crippen MR) is 84.9 cm³/mol. The van der Waals surface area contributed by atoms with Crippen LogP contribution in [0.3, 0.4) is 0 Å². The summed E-state index contributed by atoms with van der Waals surface area (Å²) in [6.45, 7) is 6.80. The summed E-state index contributed by atoms with van der Waals surface area (Å²) in [6.07, 6.45) is 1.63. The molecule has 2 rings (SSSR count). The molecule has 110 valence electrons. The van der Waals surface area contributed by atoms with Crippen LogP contribution in [0.4, 0.5) is 0 Å². The smallest absolute Gasteiger partial charge is 0.142 e. The Balaban J connectivity index is 2.14. The van der Waals surface area contributed by atoms with Crippen molar-refractivity contribution in [1.29, 1.82) is 5.41 Å². The van der Waals surface area contributed by atoms with E-state index in [4.69, 9.17) is 15.9 Å². The summed E-state index contributed by atoms with van der Waals surface area (Å²) in [4.78, 5) is 4.12. The maximum absolute atomic E-state index is 7.53. The van der Waals surface area contributed by atoms with Gasteiger partial charge >= 0.3 is 0 Å². The van der Waals surface area contributed by atoms with Crippen molar-refractivity contribution in [3.8, 4) is 5.75 Å². The number of hydrogen-bond donors (Lipinski definition) is 2. The van der Waals surface area contributed by atoms with Gasteiger partial charge in [0.2, 0.25) is 0 Å². The molecule has 3 N–H and O–H groups in total. The summed E-state index contributed by atoms with van der Waals surface area (Å²) in [7, 11) is 0. The lowest BCUT2D eigenvalue weighted by molar-refractivity contribution is 0.305. The number of hydrogen-bond acceptors (Lipinski definition) is 3. The fraction of sp³-hybridized carbons (Fsp3) is 0.294. The molecule has 1 heterocycles. The second kappa shape index (κ2) is 6.39. The van der Waals surface area contributed by atoms with Crippen LogP contribution in [0.1, 0.15) is 42.1 Å². The number of rotatable bonds is 5. The van der Waals surface area contributed by atoms with Gasteiger partial charge in [-0.25, -0.2) is 0 Å². The largest absolute Gasteiger partial charge is 0.489 e. The molecule has 0 aliphatic heterocycles. The first-order chi connectivity index (χ1) is 9.99. The molecule has 1 aromatic carbocycles. The minimum Gasteiger partial charge on any atom is -0.489 e. The molecule has 1 aromatic heterocycles. The molecule has 4 nitrogen and oxygen atoms in total. The van der Waals surface area contributed by atoms with Crippen LogP contribution in [0.2, 0.25) is 0 Å². The molecule has 0 atom stereocenters. The van der Waals surface area contributed by atoms with Crippen LogP contribution in [-0.2, 0) is 6.61 Å². The molecule has 21 heavy (non-hydrogen) atoms. The normalized spacial score (nSPS) is 10.7. The Labute approximate surface area is 125 Å². The first kappa shape index (κ1) is 15.0. The Bertz CT molecular complexity index is 650. The van der Waals surface area contributed by atoms with Gasteiger partial charge in [-0.2, -0.15) is 0 Å². The first-order valence-corrected chi connectivity index (χ1v) is 7.00. The second-order valence-electron chi connectivity index (χ2n) is 5.39. The highest BCUT2D eigenvalue weighted by atomic mass is 16.5. The third kappa shape index (κ3) is 3.60. The minimum atomic E-state index is -0.0412. The fourth-order valence-corrected chi connectivity index (χ4v) is 2.34. The quantitative estimate of drug-likeness (QED) is 0.652. The summed E-state index contributed by atoms with van der Waals surface area (Å²) in [6, 6.07) is 9.81. The van der Waals surface area contributed by atoms with Gasteiger partial charge in [0, 0.05) is 11.8 Å². The number of nitrogens with one attached hydrogen (secondary N) is 1. The van der Waals surface area contributed by atoms with Crippen molar-refractivity contribution in [3.63, 3.8) is 0 Å². The van der Waals surface area contributed by atoms with Crippen molar-refractivity contribution in [2.24, 2.45) is 5.73 Å². The predicted octanol–water partition coefficient (Wildman–Crippen LogP) is 3.38. The Hall–Kier alpha value is -2.36. The topological polar surface area (TPSA) is 72.0 Å². The van der Waals surface area contributed by atoms with Crippen molar-refractivity contribution in [2.75, 3.05) is 0 Å². The molecule has 0 amide bonds. The Kier molecular flexibility index (Phi) is 4.58. The van der Waals surface area contributed by atoms with Gasteiger partial charge in [-0.1, -0.05) is 26.0 Å². The van der Waals surface area contributed by atoms with Crippen molar-refractivity contribution >= 4 is 5.84 Å². The molecule has 0 saturated carbocycles. The highest BCUT2D eigenvalue weighted by Gasteiger charge is 2.08. The van der Waals surface area contributed by atoms with E-state index in [0.29, 0.717) is 18.2 Å².